The van der Waals surface area contributed by atoms with Crippen molar-refractivity contribution >= 4 is 23.2 Å². The van der Waals surface area contributed by atoms with Crippen LogP contribution in [0.5, 0.6) is 5.75 Å². The van der Waals surface area contributed by atoms with E-state index in [4.69, 9.17) is 32.4 Å². The minimum absolute atomic E-state index is 0.127. The number of halogens is 2. The highest BCUT2D eigenvalue weighted by molar-refractivity contribution is 6.34. The van der Waals surface area contributed by atoms with Crippen LogP contribution in [0.25, 0.3) is 0 Å². The Morgan fingerprint density at radius 2 is 1.85 bits per heavy atom. The van der Waals surface area contributed by atoms with Crippen LogP contribution in [0.15, 0.2) is 65.1 Å². The van der Waals surface area contributed by atoms with E-state index in [1.165, 1.54) is 0 Å². The summed E-state index contributed by atoms with van der Waals surface area (Å²) in [5, 5.41) is 4.54. The van der Waals surface area contributed by atoms with Crippen LogP contribution in [0.3, 0.4) is 0 Å². The molecule has 1 unspecified atom stereocenters. The fraction of sp³-hybridized carbons (Fsp3) is 0.238. The van der Waals surface area contributed by atoms with Gasteiger partial charge in [0.05, 0.1) is 11.6 Å². The predicted molar refractivity (Wildman–Crippen MR) is 106 cm³/mol. The predicted octanol–water partition coefficient (Wildman–Crippen LogP) is 6.19. The normalized spacial score (nSPS) is 12.1. The summed E-state index contributed by atoms with van der Waals surface area (Å²) in [6, 6.07) is 19.3. The highest BCUT2D eigenvalue weighted by Crippen LogP contribution is 2.32. The summed E-state index contributed by atoms with van der Waals surface area (Å²) in [6.07, 6.45) is 0.657. The highest BCUT2D eigenvalue weighted by atomic mass is 35.5. The number of rotatable bonds is 8. The SMILES string of the molecule is Cc1ccc(CNCCC(Oc2cc(Cl)ccc2Cl)c2ccccc2)o1. The van der Waals surface area contributed by atoms with Crippen LogP contribution in [0.1, 0.15) is 29.6 Å². The second-order valence-electron chi connectivity index (χ2n) is 6.07. The number of hydrogen-bond acceptors (Lipinski definition) is 3. The second-order valence-corrected chi connectivity index (χ2v) is 6.91. The third kappa shape index (κ3) is 5.28. The van der Waals surface area contributed by atoms with Gasteiger partial charge >= 0.3 is 0 Å². The van der Waals surface area contributed by atoms with E-state index < -0.39 is 0 Å². The Bertz CT molecular complexity index is 833. The standard InChI is InChI=1S/C21H21Cl2NO2/c1-15-7-9-18(25-15)14-24-12-11-20(16-5-3-2-4-6-16)26-21-13-17(22)8-10-19(21)23/h2-10,13,20,24H,11-12,14H2,1H3. The van der Waals surface area contributed by atoms with Gasteiger partial charge in [-0.05, 0) is 43.3 Å². The maximum atomic E-state index is 6.26. The monoisotopic (exact) mass is 389 g/mol. The lowest BCUT2D eigenvalue weighted by atomic mass is 10.1. The first-order valence-corrected chi connectivity index (χ1v) is 9.30. The summed E-state index contributed by atoms with van der Waals surface area (Å²) < 4.78 is 11.8. The molecular weight excluding hydrogens is 369 g/mol. The molecule has 3 rings (SSSR count). The Kier molecular flexibility index (Phi) is 6.62. The molecule has 0 bridgehead atoms. The smallest absolute Gasteiger partial charge is 0.140 e. The van der Waals surface area contributed by atoms with Gasteiger partial charge in [0.15, 0.2) is 0 Å². The summed E-state index contributed by atoms with van der Waals surface area (Å²) in [4.78, 5) is 0. The number of benzene rings is 2. The van der Waals surface area contributed by atoms with Crippen molar-refractivity contribution in [2.24, 2.45) is 0 Å². The zero-order valence-corrected chi connectivity index (χ0v) is 16.1. The summed E-state index contributed by atoms with van der Waals surface area (Å²) >= 11 is 12.3. The molecule has 0 saturated heterocycles. The van der Waals surface area contributed by atoms with E-state index in [1.54, 1.807) is 18.2 Å². The van der Waals surface area contributed by atoms with E-state index in [1.807, 2.05) is 37.3 Å². The molecule has 0 saturated carbocycles. The maximum Gasteiger partial charge on any atom is 0.140 e. The Morgan fingerprint density at radius 3 is 2.58 bits per heavy atom. The zero-order chi connectivity index (χ0) is 18.4. The van der Waals surface area contributed by atoms with Gasteiger partial charge in [-0.1, -0.05) is 53.5 Å². The number of hydrogen-bond donors (Lipinski definition) is 1. The molecule has 0 radical (unpaired) electrons. The second kappa shape index (κ2) is 9.13. The first kappa shape index (κ1) is 18.8. The van der Waals surface area contributed by atoms with E-state index >= 15 is 0 Å². The van der Waals surface area contributed by atoms with E-state index in [-0.39, 0.29) is 6.10 Å². The Hall–Kier alpha value is -1.94. The molecule has 26 heavy (non-hydrogen) atoms. The topological polar surface area (TPSA) is 34.4 Å². The number of aryl methyl sites for hydroxylation is 1. The first-order valence-electron chi connectivity index (χ1n) is 8.54. The van der Waals surface area contributed by atoms with Crippen LogP contribution < -0.4 is 10.1 Å². The molecule has 2 aromatic carbocycles. The summed E-state index contributed by atoms with van der Waals surface area (Å²) in [7, 11) is 0. The lowest BCUT2D eigenvalue weighted by Gasteiger charge is -2.21. The molecule has 0 aliphatic rings. The van der Waals surface area contributed by atoms with Gasteiger partial charge in [0.1, 0.15) is 23.4 Å². The molecule has 0 fully saturated rings. The number of furan rings is 1. The van der Waals surface area contributed by atoms with Crippen molar-refractivity contribution < 1.29 is 9.15 Å². The van der Waals surface area contributed by atoms with Gasteiger partial charge in [-0.25, -0.2) is 0 Å². The quantitative estimate of drug-likeness (QED) is 0.466. The lowest BCUT2D eigenvalue weighted by Crippen LogP contribution is -2.19. The average Bonchev–Trinajstić information content (AvgIpc) is 3.06. The van der Waals surface area contributed by atoms with E-state index in [0.29, 0.717) is 22.3 Å². The molecule has 1 aromatic heterocycles. The van der Waals surface area contributed by atoms with Crippen LogP contribution in [-0.2, 0) is 6.54 Å². The average molecular weight is 390 g/mol. The molecule has 0 amide bonds. The van der Waals surface area contributed by atoms with Gasteiger partial charge in [0.25, 0.3) is 0 Å². The first-order chi connectivity index (χ1) is 12.6. The van der Waals surface area contributed by atoms with Crippen molar-refractivity contribution in [3.63, 3.8) is 0 Å². The van der Waals surface area contributed by atoms with Crippen molar-refractivity contribution in [2.75, 3.05) is 6.54 Å². The molecule has 0 aliphatic carbocycles. The summed E-state index contributed by atoms with van der Waals surface area (Å²) in [5.41, 5.74) is 1.10. The molecule has 5 heteroatoms. The molecule has 0 aliphatic heterocycles. The third-order valence-corrected chi connectivity index (χ3v) is 4.56. The minimum atomic E-state index is -0.127. The molecule has 1 N–H and O–H groups in total. The van der Waals surface area contributed by atoms with E-state index in [9.17, 15) is 0 Å². The van der Waals surface area contributed by atoms with Crippen molar-refractivity contribution in [3.05, 3.63) is 87.8 Å². The van der Waals surface area contributed by atoms with E-state index in [2.05, 4.69) is 17.4 Å². The van der Waals surface area contributed by atoms with Crippen LogP contribution >= 0.6 is 23.2 Å². The fourth-order valence-corrected chi connectivity index (χ4v) is 3.03. The number of nitrogens with one attached hydrogen (secondary N) is 1. The molecule has 0 spiro atoms. The van der Waals surface area contributed by atoms with Crippen LogP contribution in [0.4, 0.5) is 0 Å². The van der Waals surface area contributed by atoms with Gasteiger partial charge in [-0.2, -0.15) is 0 Å². The third-order valence-electron chi connectivity index (χ3n) is 4.01. The van der Waals surface area contributed by atoms with Crippen LogP contribution in [0.2, 0.25) is 10.0 Å². The van der Waals surface area contributed by atoms with Gasteiger partial charge in [0.2, 0.25) is 0 Å². The van der Waals surface area contributed by atoms with Gasteiger partial charge in [0, 0.05) is 17.5 Å². The largest absolute Gasteiger partial charge is 0.484 e. The molecule has 1 heterocycles. The summed E-state index contributed by atoms with van der Waals surface area (Å²) in [6.45, 7) is 3.41. The van der Waals surface area contributed by atoms with Gasteiger partial charge in [-0.15, -0.1) is 0 Å². The molecule has 1 atom stereocenters. The van der Waals surface area contributed by atoms with Crippen molar-refractivity contribution in [3.8, 4) is 5.75 Å². The van der Waals surface area contributed by atoms with Crippen molar-refractivity contribution in [1.82, 2.24) is 5.32 Å². The Balaban J connectivity index is 1.64. The van der Waals surface area contributed by atoms with Gasteiger partial charge in [-0.3, -0.25) is 0 Å². The molecule has 3 aromatic rings. The van der Waals surface area contributed by atoms with Crippen LogP contribution in [-0.4, -0.2) is 6.54 Å². The Labute approximate surface area is 163 Å². The molecule has 3 nitrogen and oxygen atoms in total. The lowest BCUT2D eigenvalue weighted by molar-refractivity contribution is 0.193. The molecular formula is C21H21Cl2NO2. The highest BCUT2D eigenvalue weighted by Gasteiger charge is 2.15. The van der Waals surface area contributed by atoms with E-state index in [0.717, 1.165) is 30.0 Å². The maximum absolute atomic E-state index is 6.26. The fourth-order valence-electron chi connectivity index (χ4n) is 2.71. The summed E-state index contributed by atoms with van der Waals surface area (Å²) in [5.74, 6) is 2.44. The van der Waals surface area contributed by atoms with Crippen molar-refractivity contribution in [2.45, 2.75) is 26.0 Å². The number of ether oxygens (including phenoxy) is 1. The molecule has 136 valence electrons. The minimum Gasteiger partial charge on any atom is -0.484 e. The van der Waals surface area contributed by atoms with Gasteiger partial charge < -0.3 is 14.5 Å². The zero-order valence-electron chi connectivity index (χ0n) is 14.5. The van der Waals surface area contributed by atoms with Crippen molar-refractivity contribution in [1.29, 1.82) is 0 Å². The van der Waals surface area contributed by atoms with Crippen LogP contribution in [0, 0.1) is 6.92 Å². The Morgan fingerprint density at radius 1 is 1.04 bits per heavy atom.